The topological polar surface area (TPSA) is 104 Å². The molecular weight excluding hydrogens is 246 g/mol. The van der Waals surface area contributed by atoms with Gasteiger partial charge in [0.05, 0.1) is 17.9 Å². The molecule has 0 radical (unpaired) electrons. The lowest BCUT2D eigenvalue weighted by atomic mass is 10.2. The predicted molar refractivity (Wildman–Crippen MR) is 72.6 cm³/mol. The molecule has 0 saturated heterocycles. The lowest BCUT2D eigenvalue weighted by molar-refractivity contribution is -0.121. The third-order valence-corrected chi connectivity index (χ3v) is 2.69. The van der Waals surface area contributed by atoms with Gasteiger partial charge in [-0.2, -0.15) is 5.10 Å². The van der Waals surface area contributed by atoms with Crippen LogP contribution in [0.4, 0.5) is 5.69 Å². The third-order valence-electron chi connectivity index (χ3n) is 2.69. The van der Waals surface area contributed by atoms with Crippen LogP contribution in [0.5, 0.6) is 0 Å². The molecule has 0 aliphatic carbocycles. The molecule has 19 heavy (non-hydrogen) atoms. The Labute approximate surface area is 112 Å². The van der Waals surface area contributed by atoms with Crippen LogP contribution < -0.4 is 11.1 Å². The molecule has 4 N–H and O–H groups in total. The summed E-state index contributed by atoms with van der Waals surface area (Å²) < 4.78 is 0. The van der Waals surface area contributed by atoms with E-state index < -0.39 is 0 Å². The van der Waals surface area contributed by atoms with E-state index in [1.54, 1.807) is 7.05 Å². The van der Waals surface area contributed by atoms with Crippen LogP contribution in [0.25, 0.3) is 0 Å². The van der Waals surface area contributed by atoms with Crippen molar-refractivity contribution in [3.8, 4) is 0 Å². The van der Waals surface area contributed by atoms with Gasteiger partial charge >= 0.3 is 0 Å². The minimum atomic E-state index is -0.359. The quantitative estimate of drug-likeness (QED) is 0.682. The molecule has 0 saturated carbocycles. The molecule has 1 aromatic rings. The van der Waals surface area contributed by atoms with Crippen LogP contribution in [-0.2, 0) is 11.2 Å². The molecule has 7 heteroatoms. The van der Waals surface area contributed by atoms with Crippen LogP contribution in [-0.4, -0.2) is 47.0 Å². The molecule has 0 bridgehead atoms. The zero-order valence-corrected chi connectivity index (χ0v) is 11.6. The Morgan fingerprint density at radius 3 is 2.68 bits per heavy atom. The minimum Gasteiger partial charge on any atom is -0.395 e. The number of aromatic amines is 1. The number of carbonyl (C=O) groups excluding carboxylic acids is 2. The van der Waals surface area contributed by atoms with E-state index in [4.69, 9.17) is 5.73 Å². The fraction of sp³-hybridized carbons (Fsp3) is 0.583. The highest BCUT2D eigenvalue weighted by atomic mass is 16.2. The van der Waals surface area contributed by atoms with Crippen LogP contribution in [0, 0.1) is 0 Å². The number of anilines is 1. The monoisotopic (exact) mass is 267 g/mol. The van der Waals surface area contributed by atoms with E-state index in [-0.39, 0.29) is 24.1 Å². The van der Waals surface area contributed by atoms with Crippen LogP contribution in [0.3, 0.4) is 0 Å². The summed E-state index contributed by atoms with van der Waals surface area (Å²) >= 11 is 0. The summed E-state index contributed by atoms with van der Waals surface area (Å²) in [6, 6.07) is 0. The Morgan fingerprint density at radius 1 is 1.42 bits per heavy atom. The van der Waals surface area contributed by atoms with Crippen molar-refractivity contribution in [3.05, 3.63) is 11.4 Å². The second kappa shape index (κ2) is 6.77. The molecule has 0 atom stereocenters. The molecular formula is C12H21N5O2. The Kier molecular flexibility index (Phi) is 5.35. The van der Waals surface area contributed by atoms with Crippen molar-refractivity contribution in [1.29, 1.82) is 0 Å². The van der Waals surface area contributed by atoms with E-state index in [1.807, 2.05) is 13.8 Å². The smallest absolute Gasteiger partial charge is 0.276 e. The van der Waals surface area contributed by atoms with Gasteiger partial charge in [-0.3, -0.25) is 14.7 Å². The first-order valence-electron chi connectivity index (χ1n) is 6.36. The number of H-pyrrole nitrogens is 1. The SMILES string of the molecule is CCCc1[nH]nc(C(=O)N(C)CC(=O)NCC)c1N. The van der Waals surface area contributed by atoms with Gasteiger partial charge in [-0.25, -0.2) is 0 Å². The van der Waals surface area contributed by atoms with Crippen molar-refractivity contribution in [2.75, 3.05) is 25.9 Å². The first-order chi connectivity index (χ1) is 9.01. The van der Waals surface area contributed by atoms with Gasteiger partial charge in [0.15, 0.2) is 5.69 Å². The zero-order chi connectivity index (χ0) is 14.4. The fourth-order valence-corrected chi connectivity index (χ4v) is 1.71. The number of nitrogens with two attached hydrogens (primary N) is 1. The number of hydrogen-bond acceptors (Lipinski definition) is 4. The summed E-state index contributed by atoms with van der Waals surface area (Å²) in [5.74, 6) is -0.566. The Hall–Kier alpha value is -2.05. The number of aryl methyl sites for hydroxylation is 1. The van der Waals surface area contributed by atoms with E-state index >= 15 is 0 Å². The van der Waals surface area contributed by atoms with Crippen molar-refractivity contribution in [1.82, 2.24) is 20.4 Å². The van der Waals surface area contributed by atoms with Crippen LogP contribution in [0.1, 0.15) is 36.5 Å². The number of nitrogens with zero attached hydrogens (tertiary/aromatic N) is 2. The third kappa shape index (κ3) is 3.70. The van der Waals surface area contributed by atoms with E-state index in [9.17, 15) is 9.59 Å². The number of likely N-dealkylation sites (N-methyl/N-ethyl adjacent to an activating group) is 2. The van der Waals surface area contributed by atoms with Crippen molar-refractivity contribution in [2.45, 2.75) is 26.7 Å². The van der Waals surface area contributed by atoms with Gasteiger partial charge in [-0.05, 0) is 13.3 Å². The Bertz CT molecular complexity index is 455. The zero-order valence-electron chi connectivity index (χ0n) is 11.6. The predicted octanol–water partition coefficient (Wildman–Crippen LogP) is 0.153. The maximum absolute atomic E-state index is 12.1. The molecule has 0 aliphatic rings. The number of amides is 2. The lowest BCUT2D eigenvalue weighted by Crippen LogP contribution is -2.38. The summed E-state index contributed by atoms with van der Waals surface area (Å²) in [6.07, 6.45) is 1.65. The molecule has 0 aromatic carbocycles. The molecule has 0 unspecified atom stereocenters. The van der Waals surface area contributed by atoms with Gasteiger partial charge in [-0.15, -0.1) is 0 Å². The largest absolute Gasteiger partial charge is 0.395 e. The van der Waals surface area contributed by atoms with Crippen molar-refractivity contribution in [2.24, 2.45) is 0 Å². The average molecular weight is 267 g/mol. The second-order valence-electron chi connectivity index (χ2n) is 4.33. The van der Waals surface area contributed by atoms with Gasteiger partial charge in [0.2, 0.25) is 5.91 Å². The van der Waals surface area contributed by atoms with Gasteiger partial charge < -0.3 is 16.0 Å². The second-order valence-corrected chi connectivity index (χ2v) is 4.33. The highest BCUT2D eigenvalue weighted by Crippen LogP contribution is 2.16. The number of aromatic nitrogens is 2. The van der Waals surface area contributed by atoms with Crippen LogP contribution in [0.15, 0.2) is 0 Å². The molecule has 0 spiro atoms. The lowest BCUT2D eigenvalue weighted by Gasteiger charge is -2.15. The molecule has 0 aliphatic heterocycles. The molecule has 1 heterocycles. The van der Waals surface area contributed by atoms with Crippen molar-refractivity contribution < 1.29 is 9.59 Å². The molecule has 7 nitrogen and oxygen atoms in total. The number of rotatable bonds is 6. The summed E-state index contributed by atoms with van der Waals surface area (Å²) in [4.78, 5) is 24.8. The van der Waals surface area contributed by atoms with Crippen molar-refractivity contribution >= 4 is 17.5 Å². The first-order valence-corrected chi connectivity index (χ1v) is 6.36. The van der Waals surface area contributed by atoms with Crippen molar-refractivity contribution in [3.63, 3.8) is 0 Å². The molecule has 106 valence electrons. The van der Waals surface area contributed by atoms with Gasteiger partial charge in [0.25, 0.3) is 5.91 Å². The maximum atomic E-state index is 12.1. The molecule has 1 aromatic heterocycles. The number of nitrogen functional groups attached to an aromatic ring is 1. The summed E-state index contributed by atoms with van der Waals surface area (Å²) in [5, 5.41) is 9.33. The van der Waals surface area contributed by atoms with Crippen LogP contribution in [0.2, 0.25) is 0 Å². The number of hydrogen-bond donors (Lipinski definition) is 3. The van der Waals surface area contributed by atoms with E-state index in [1.165, 1.54) is 4.90 Å². The van der Waals surface area contributed by atoms with Gasteiger partial charge in [-0.1, -0.05) is 13.3 Å². The maximum Gasteiger partial charge on any atom is 0.276 e. The normalized spacial score (nSPS) is 10.3. The summed E-state index contributed by atoms with van der Waals surface area (Å²) in [5.41, 5.74) is 7.18. The number of nitrogens with one attached hydrogen (secondary N) is 2. The summed E-state index contributed by atoms with van der Waals surface area (Å²) in [6.45, 7) is 4.36. The minimum absolute atomic E-state index is 0.0118. The molecule has 2 amide bonds. The van der Waals surface area contributed by atoms with Gasteiger partial charge in [0, 0.05) is 13.6 Å². The first kappa shape index (κ1) is 15.0. The highest BCUT2D eigenvalue weighted by Gasteiger charge is 2.21. The van der Waals surface area contributed by atoms with Crippen LogP contribution >= 0.6 is 0 Å². The highest BCUT2D eigenvalue weighted by molar-refractivity contribution is 5.99. The Balaban J connectivity index is 2.74. The van der Waals surface area contributed by atoms with E-state index in [0.29, 0.717) is 12.2 Å². The number of carbonyl (C=O) groups is 2. The fourth-order valence-electron chi connectivity index (χ4n) is 1.71. The van der Waals surface area contributed by atoms with Gasteiger partial charge in [0.1, 0.15) is 0 Å². The molecule has 1 rings (SSSR count). The Morgan fingerprint density at radius 2 is 2.11 bits per heavy atom. The average Bonchev–Trinajstić information content (AvgIpc) is 2.71. The standard InChI is InChI=1S/C12H21N5O2/c1-4-6-8-10(13)11(16-15-8)12(19)17(3)7-9(18)14-5-2/h4-7,13H2,1-3H3,(H,14,18)(H,15,16). The molecule has 0 fully saturated rings. The van der Waals surface area contributed by atoms with E-state index in [0.717, 1.165) is 18.5 Å². The van der Waals surface area contributed by atoms with E-state index in [2.05, 4.69) is 15.5 Å². The summed E-state index contributed by atoms with van der Waals surface area (Å²) in [7, 11) is 1.55.